The molecule has 3 rings (SSSR count). The molecule has 0 aromatic heterocycles. The Morgan fingerprint density at radius 1 is 0.970 bits per heavy atom. The van der Waals surface area contributed by atoms with E-state index in [4.69, 9.17) is 9.47 Å². The molecule has 2 aromatic rings. The van der Waals surface area contributed by atoms with Crippen LogP contribution in [0, 0.1) is 5.92 Å². The van der Waals surface area contributed by atoms with Gasteiger partial charge in [-0.05, 0) is 55.1 Å². The van der Waals surface area contributed by atoms with Crippen molar-refractivity contribution in [3.63, 3.8) is 0 Å². The van der Waals surface area contributed by atoms with E-state index < -0.39 is 6.04 Å². The third-order valence-electron chi connectivity index (χ3n) is 6.01. The molecule has 7 heteroatoms. The van der Waals surface area contributed by atoms with E-state index in [-0.39, 0.29) is 17.7 Å². The van der Waals surface area contributed by atoms with E-state index >= 15 is 0 Å². The molecule has 0 bridgehead atoms. The Labute approximate surface area is 196 Å². The Hall–Kier alpha value is -3.06. The predicted molar refractivity (Wildman–Crippen MR) is 128 cm³/mol. The lowest BCUT2D eigenvalue weighted by Crippen LogP contribution is -2.49. The summed E-state index contributed by atoms with van der Waals surface area (Å²) in [4.78, 5) is 28.4. The van der Waals surface area contributed by atoms with Crippen LogP contribution >= 0.6 is 0 Å². The number of carbonyl (C=O) groups is 2. The van der Waals surface area contributed by atoms with Crippen LogP contribution in [0.2, 0.25) is 0 Å². The standard InChI is InChI=1S/C26H35N3O4/c1-18(2)24(28-25(30)21-13-22(32-3)15-23(14-21)33-4)26(31)27-16-19-9-5-6-10-20(19)17-29-11-7-8-12-29/h5-6,9-10,13-15,18,24H,7-8,11-12,16-17H2,1-4H3,(H,27,31)(H,28,30)/t24-/m0/s1. The highest BCUT2D eigenvalue weighted by atomic mass is 16.5. The minimum atomic E-state index is -0.666. The summed E-state index contributed by atoms with van der Waals surface area (Å²) in [6.07, 6.45) is 2.49. The zero-order valence-corrected chi connectivity index (χ0v) is 20.0. The number of ether oxygens (including phenoxy) is 2. The third kappa shape index (κ3) is 6.71. The SMILES string of the molecule is COc1cc(OC)cc(C(=O)N[C@H](C(=O)NCc2ccccc2CN2CCCC2)C(C)C)c1. The summed E-state index contributed by atoms with van der Waals surface area (Å²) in [5.41, 5.74) is 2.71. The number of carbonyl (C=O) groups excluding carboxylic acids is 2. The van der Waals surface area contributed by atoms with Crippen LogP contribution in [0.1, 0.15) is 48.2 Å². The largest absolute Gasteiger partial charge is 0.497 e. The number of nitrogens with one attached hydrogen (secondary N) is 2. The van der Waals surface area contributed by atoms with E-state index in [1.165, 1.54) is 32.6 Å². The van der Waals surface area contributed by atoms with Crippen molar-refractivity contribution < 1.29 is 19.1 Å². The van der Waals surface area contributed by atoms with Crippen molar-refractivity contribution in [3.8, 4) is 11.5 Å². The number of rotatable bonds is 10. The second-order valence-electron chi connectivity index (χ2n) is 8.77. The zero-order chi connectivity index (χ0) is 23.8. The van der Waals surface area contributed by atoms with E-state index in [0.717, 1.165) is 25.2 Å². The van der Waals surface area contributed by atoms with E-state index in [1.54, 1.807) is 18.2 Å². The Balaban J connectivity index is 1.66. The molecule has 33 heavy (non-hydrogen) atoms. The summed E-state index contributed by atoms with van der Waals surface area (Å²) in [6, 6.07) is 12.5. The molecule has 0 unspecified atom stereocenters. The van der Waals surface area contributed by atoms with Crippen molar-refractivity contribution in [2.75, 3.05) is 27.3 Å². The van der Waals surface area contributed by atoms with Gasteiger partial charge in [0.1, 0.15) is 17.5 Å². The maximum absolute atomic E-state index is 13.0. The lowest BCUT2D eigenvalue weighted by molar-refractivity contribution is -0.124. The highest BCUT2D eigenvalue weighted by molar-refractivity contribution is 5.98. The molecular formula is C26H35N3O4. The second-order valence-corrected chi connectivity index (χ2v) is 8.77. The fraction of sp³-hybridized carbons (Fsp3) is 0.462. The van der Waals surface area contributed by atoms with Crippen LogP contribution < -0.4 is 20.1 Å². The van der Waals surface area contributed by atoms with Crippen LogP contribution in [0.25, 0.3) is 0 Å². The highest BCUT2D eigenvalue weighted by Gasteiger charge is 2.25. The smallest absolute Gasteiger partial charge is 0.252 e. The molecule has 1 atom stereocenters. The first-order valence-corrected chi connectivity index (χ1v) is 11.5. The molecule has 7 nitrogen and oxygen atoms in total. The number of amides is 2. The first-order chi connectivity index (χ1) is 15.9. The summed E-state index contributed by atoms with van der Waals surface area (Å²) in [5, 5.41) is 5.90. The monoisotopic (exact) mass is 453 g/mol. The highest BCUT2D eigenvalue weighted by Crippen LogP contribution is 2.23. The first-order valence-electron chi connectivity index (χ1n) is 11.5. The number of hydrogen-bond acceptors (Lipinski definition) is 5. The molecule has 1 saturated heterocycles. The van der Waals surface area contributed by atoms with Gasteiger partial charge in [0.2, 0.25) is 5.91 Å². The Kier molecular flexibility index (Phi) is 8.72. The predicted octanol–water partition coefficient (Wildman–Crippen LogP) is 3.37. The van der Waals surface area contributed by atoms with Crippen LogP contribution in [-0.4, -0.2) is 50.1 Å². The van der Waals surface area contributed by atoms with E-state index in [1.807, 2.05) is 26.0 Å². The molecule has 1 aliphatic heterocycles. The molecular weight excluding hydrogens is 418 g/mol. The van der Waals surface area contributed by atoms with Crippen molar-refractivity contribution in [1.82, 2.24) is 15.5 Å². The maximum atomic E-state index is 13.0. The lowest BCUT2D eigenvalue weighted by Gasteiger charge is -2.23. The summed E-state index contributed by atoms with van der Waals surface area (Å²) in [7, 11) is 3.06. The van der Waals surface area contributed by atoms with E-state index in [2.05, 4.69) is 27.7 Å². The molecule has 0 saturated carbocycles. The lowest BCUT2D eigenvalue weighted by atomic mass is 10.0. The number of nitrogens with zero attached hydrogens (tertiary/aromatic N) is 1. The van der Waals surface area contributed by atoms with Gasteiger partial charge in [-0.3, -0.25) is 14.5 Å². The molecule has 0 spiro atoms. The average molecular weight is 454 g/mol. The molecule has 2 N–H and O–H groups in total. The van der Waals surface area contributed by atoms with Gasteiger partial charge in [-0.1, -0.05) is 38.1 Å². The fourth-order valence-corrected chi connectivity index (χ4v) is 4.06. The number of hydrogen-bond donors (Lipinski definition) is 2. The van der Waals surface area contributed by atoms with Crippen molar-refractivity contribution in [3.05, 3.63) is 59.2 Å². The van der Waals surface area contributed by atoms with Gasteiger partial charge < -0.3 is 20.1 Å². The van der Waals surface area contributed by atoms with Crippen LogP contribution in [0.15, 0.2) is 42.5 Å². The Morgan fingerprint density at radius 2 is 1.58 bits per heavy atom. The number of likely N-dealkylation sites (tertiary alicyclic amines) is 1. The average Bonchev–Trinajstić information content (AvgIpc) is 3.34. The van der Waals surface area contributed by atoms with Gasteiger partial charge in [0.25, 0.3) is 5.91 Å². The summed E-state index contributed by atoms with van der Waals surface area (Å²) in [5.74, 6) is 0.389. The molecule has 1 heterocycles. The minimum Gasteiger partial charge on any atom is -0.497 e. The Bertz CT molecular complexity index is 932. The van der Waals surface area contributed by atoms with E-state index in [0.29, 0.717) is 23.6 Å². The molecule has 0 aliphatic carbocycles. The van der Waals surface area contributed by atoms with Crippen molar-refractivity contribution in [1.29, 1.82) is 0 Å². The fourth-order valence-electron chi connectivity index (χ4n) is 4.06. The summed E-state index contributed by atoms with van der Waals surface area (Å²) in [6.45, 7) is 7.40. The molecule has 1 fully saturated rings. The van der Waals surface area contributed by atoms with Crippen molar-refractivity contribution in [2.24, 2.45) is 5.92 Å². The normalized spacial score (nSPS) is 14.7. The van der Waals surface area contributed by atoms with Gasteiger partial charge in [0.05, 0.1) is 14.2 Å². The molecule has 1 aliphatic rings. The molecule has 178 valence electrons. The van der Waals surface area contributed by atoms with Gasteiger partial charge in [-0.25, -0.2) is 0 Å². The van der Waals surface area contributed by atoms with Gasteiger partial charge >= 0.3 is 0 Å². The van der Waals surface area contributed by atoms with Crippen molar-refractivity contribution in [2.45, 2.75) is 45.8 Å². The van der Waals surface area contributed by atoms with Gasteiger partial charge in [-0.15, -0.1) is 0 Å². The quantitative estimate of drug-likeness (QED) is 0.577. The first kappa shape index (κ1) is 24.6. The van der Waals surface area contributed by atoms with Crippen molar-refractivity contribution >= 4 is 11.8 Å². The topological polar surface area (TPSA) is 79.9 Å². The maximum Gasteiger partial charge on any atom is 0.252 e. The number of benzene rings is 2. The van der Waals surface area contributed by atoms with Crippen LogP contribution in [0.5, 0.6) is 11.5 Å². The van der Waals surface area contributed by atoms with Gasteiger partial charge in [0, 0.05) is 24.7 Å². The zero-order valence-electron chi connectivity index (χ0n) is 20.0. The third-order valence-corrected chi connectivity index (χ3v) is 6.01. The minimum absolute atomic E-state index is 0.0821. The molecule has 2 aromatic carbocycles. The van der Waals surface area contributed by atoms with Crippen LogP contribution in [0.3, 0.4) is 0 Å². The van der Waals surface area contributed by atoms with Gasteiger partial charge in [0.15, 0.2) is 0 Å². The molecule has 2 amide bonds. The number of methoxy groups -OCH3 is 2. The summed E-state index contributed by atoms with van der Waals surface area (Å²) >= 11 is 0. The molecule has 0 radical (unpaired) electrons. The summed E-state index contributed by atoms with van der Waals surface area (Å²) < 4.78 is 10.5. The van der Waals surface area contributed by atoms with Crippen LogP contribution in [-0.2, 0) is 17.9 Å². The second kappa shape index (κ2) is 11.7. The van der Waals surface area contributed by atoms with Crippen LogP contribution in [0.4, 0.5) is 0 Å². The van der Waals surface area contributed by atoms with Gasteiger partial charge in [-0.2, -0.15) is 0 Å². The Morgan fingerprint density at radius 3 is 2.15 bits per heavy atom. The van der Waals surface area contributed by atoms with E-state index in [9.17, 15) is 9.59 Å².